The van der Waals surface area contributed by atoms with Gasteiger partial charge in [-0.2, -0.15) is 0 Å². The van der Waals surface area contributed by atoms with Gasteiger partial charge < -0.3 is 10.0 Å². The van der Waals surface area contributed by atoms with Crippen molar-refractivity contribution in [3.63, 3.8) is 0 Å². The van der Waals surface area contributed by atoms with Crippen LogP contribution < -0.4 is 4.90 Å². The smallest absolute Gasteiger partial charge is 0.258 e. The average molecular weight is 353 g/mol. The highest BCUT2D eigenvalue weighted by Gasteiger charge is 2.14. The molecule has 0 atom stereocenters. The van der Waals surface area contributed by atoms with E-state index in [1.54, 1.807) is 24.1 Å². The minimum absolute atomic E-state index is 0.128. The third-order valence-corrected chi connectivity index (χ3v) is 3.55. The van der Waals surface area contributed by atoms with Gasteiger partial charge in [0.25, 0.3) is 5.91 Å². The van der Waals surface area contributed by atoms with Crippen molar-refractivity contribution in [2.75, 3.05) is 11.9 Å². The Bertz CT molecular complexity index is 569. The minimum Gasteiger partial charge on any atom is -0.507 e. The first-order valence-electron chi connectivity index (χ1n) is 5.41. The summed E-state index contributed by atoms with van der Waals surface area (Å²) < 4.78 is 0.728. The van der Waals surface area contributed by atoms with Gasteiger partial charge in [0.2, 0.25) is 0 Å². The van der Waals surface area contributed by atoms with E-state index in [1.807, 2.05) is 52.9 Å². The molecule has 0 spiro atoms. The highest BCUT2D eigenvalue weighted by atomic mass is 127. The first-order valence-corrected chi connectivity index (χ1v) is 6.49. The van der Waals surface area contributed by atoms with Crippen LogP contribution >= 0.6 is 22.6 Å². The summed E-state index contributed by atoms with van der Waals surface area (Å²) in [6.07, 6.45) is 0. The standard InChI is InChI=1S/C14H12INO2/c1-16(11-5-3-2-4-6-11)14(18)10-7-8-12(15)13(17)9-10/h2-9,17H,1H3. The molecule has 4 heteroatoms. The zero-order valence-electron chi connectivity index (χ0n) is 9.80. The van der Waals surface area contributed by atoms with Crippen molar-refractivity contribution in [3.05, 3.63) is 57.7 Å². The Balaban J connectivity index is 2.29. The number of benzene rings is 2. The number of aromatic hydroxyl groups is 1. The van der Waals surface area contributed by atoms with Crippen LogP contribution in [0.4, 0.5) is 5.69 Å². The molecule has 0 bridgehead atoms. The van der Waals surface area contributed by atoms with Crippen LogP contribution in [0, 0.1) is 3.57 Å². The van der Waals surface area contributed by atoms with Gasteiger partial charge in [-0.3, -0.25) is 4.79 Å². The third kappa shape index (κ3) is 2.64. The summed E-state index contributed by atoms with van der Waals surface area (Å²) in [5.41, 5.74) is 1.29. The van der Waals surface area contributed by atoms with E-state index in [2.05, 4.69) is 0 Å². The van der Waals surface area contributed by atoms with Gasteiger partial charge in [-0.1, -0.05) is 18.2 Å². The summed E-state index contributed by atoms with van der Waals surface area (Å²) in [5, 5.41) is 9.62. The summed E-state index contributed by atoms with van der Waals surface area (Å²) >= 11 is 2.02. The van der Waals surface area contributed by atoms with Crippen LogP contribution in [-0.2, 0) is 0 Å². The maximum atomic E-state index is 12.2. The molecule has 0 saturated carbocycles. The van der Waals surface area contributed by atoms with E-state index in [4.69, 9.17) is 0 Å². The fourth-order valence-corrected chi connectivity index (χ4v) is 1.94. The van der Waals surface area contributed by atoms with E-state index in [0.717, 1.165) is 9.26 Å². The molecule has 18 heavy (non-hydrogen) atoms. The molecule has 0 aliphatic heterocycles. The van der Waals surface area contributed by atoms with Gasteiger partial charge in [0.15, 0.2) is 0 Å². The highest BCUT2D eigenvalue weighted by molar-refractivity contribution is 14.1. The molecule has 0 aliphatic rings. The van der Waals surface area contributed by atoms with Gasteiger partial charge in [-0.05, 0) is 52.9 Å². The Morgan fingerprint density at radius 2 is 1.83 bits per heavy atom. The maximum Gasteiger partial charge on any atom is 0.258 e. The van der Waals surface area contributed by atoms with Crippen LogP contribution in [0.2, 0.25) is 0 Å². The maximum absolute atomic E-state index is 12.2. The molecular formula is C14H12INO2. The van der Waals surface area contributed by atoms with Crippen LogP contribution in [0.25, 0.3) is 0 Å². The van der Waals surface area contributed by atoms with Crippen LogP contribution in [0.3, 0.4) is 0 Å². The summed E-state index contributed by atoms with van der Waals surface area (Å²) in [4.78, 5) is 13.8. The molecule has 0 unspecified atom stereocenters. The Hall–Kier alpha value is -1.56. The van der Waals surface area contributed by atoms with Crippen molar-refractivity contribution in [1.82, 2.24) is 0 Å². The van der Waals surface area contributed by atoms with Crippen molar-refractivity contribution in [3.8, 4) is 5.75 Å². The number of anilines is 1. The molecule has 0 aliphatic carbocycles. The molecule has 0 fully saturated rings. The number of para-hydroxylation sites is 1. The number of hydrogen-bond acceptors (Lipinski definition) is 2. The van der Waals surface area contributed by atoms with E-state index in [-0.39, 0.29) is 11.7 Å². The summed E-state index contributed by atoms with van der Waals surface area (Å²) in [6, 6.07) is 14.3. The average Bonchev–Trinajstić information content (AvgIpc) is 2.41. The molecule has 1 N–H and O–H groups in total. The first kappa shape index (κ1) is 12.9. The Labute approximate surface area is 119 Å². The number of carbonyl (C=O) groups is 1. The lowest BCUT2D eigenvalue weighted by Gasteiger charge is -2.17. The Kier molecular flexibility index (Phi) is 3.86. The van der Waals surface area contributed by atoms with Crippen molar-refractivity contribution in [2.45, 2.75) is 0 Å². The van der Waals surface area contributed by atoms with Gasteiger partial charge in [0, 0.05) is 18.3 Å². The van der Waals surface area contributed by atoms with Crippen LogP contribution in [0.15, 0.2) is 48.5 Å². The summed E-state index contributed by atoms with van der Waals surface area (Å²) in [5.74, 6) is -0.0178. The number of phenolic OH excluding ortho intramolecular Hbond substituents is 1. The van der Waals surface area contributed by atoms with E-state index < -0.39 is 0 Å². The highest BCUT2D eigenvalue weighted by Crippen LogP contribution is 2.22. The number of hydrogen-bond donors (Lipinski definition) is 1. The zero-order valence-corrected chi connectivity index (χ0v) is 12.0. The third-order valence-electron chi connectivity index (χ3n) is 2.64. The lowest BCUT2D eigenvalue weighted by atomic mass is 10.2. The normalized spacial score (nSPS) is 10.1. The van der Waals surface area contributed by atoms with Crippen molar-refractivity contribution in [1.29, 1.82) is 0 Å². The number of halogens is 1. The van der Waals surface area contributed by atoms with Gasteiger partial charge in [-0.15, -0.1) is 0 Å². The van der Waals surface area contributed by atoms with Gasteiger partial charge in [-0.25, -0.2) is 0 Å². The number of nitrogens with zero attached hydrogens (tertiary/aromatic N) is 1. The molecule has 0 aromatic heterocycles. The Morgan fingerprint density at radius 3 is 2.44 bits per heavy atom. The quantitative estimate of drug-likeness (QED) is 0.842. The SMILES string of the molecule is CN(C(=O)c1ccc(I)c(O)c1)c1ccccc1. The molecule has 0 radical (unpaired) electrons. The second-order valence-corrected chi connectivity index (χ2v) is 5.03. The van der Waals surface area contributed by atoms with Crippen LogP contribution in [0.1, 0.15) is 10.4 Å². The zero-order chi connectivity index (χ0) is 13.1. The van der Waals surface area contributed by atoms with Crippen molar-refractivity contribution >= 4 is 34.2 Å². The fourth-order valence-electron chi connectivity index (χ4n) is 1.61. The van der Waals surface area contributed by atoms with Crippen LogP contribution in [0.5, 0.6) is 5.75 Å². The van der Waals surface area contributed by atoms with E-state index in [9.17, 15) is 9.90 Å². The van der Waals surface area contributed by atoms with E-state index in [1.165, 1.54) is 6.07 Å². The molecule has 0 heterocycles. The summed E-state index contributed by atoms with van der Waals surface area (Å²) in [7, 11) is 1.71. The molecule has 2 aromatic carbocycles. The molecule has 3 nitrogen and oxygen atoms in total. The van der Waals surface area contributed by atoms with E-state index in [0.29, 0.717) is 5.56 Å². The number of rotatable bonds is 2. The summed E-state index contributed by atoms with van der Waals surface area (Å²) in [6.45, 7) is 0. The first-order chi connectivity index (χ1) is 8.59. The lowest BCUT2D eigenvalue weighted by molar-refractivity contribution is 0.0992. The molecule has 2 rings (SSSR count). The van der Waals surface area contributed by atoms with E-state index >= 15 is 0 Å². The number of carbonyl (C=O) groups excluding carboxylic acids is 1. The van der Waals surface area contributed by atoms with Gasteiger partial charge in [0.1, 0.15) is 5.75 Å². The molecule has 0 saturated heterocycles. The predicted molar refractivity (Wildman–Crippen MR) is 80.0 cm³/mol. The second-order valence-electron chi connectivity index (χ2n) is 3.87. The molecular weight excluding hydrogens is 341 g/mol. The van der Waals surface area contributed by atoms with Crippen LogP contribution in [-0.4, -0.2) is 18.1 Å². The van der Waals surface area contributed by atoms with Gasteiger partial charge >= 0.3 is 0 Å². The molecule has 92 valence electrons. The molecule has 2 aromatic rings. The second kappa shape index (κ2) is 5.39. The predicted octanol–water partition coefficient (Wildman–Crippen LogP) is 3.27. The van der Waals surface area contributed by atoms with Crippen molar-refractivity contribution < 1.29 is 9.90 Å². The fraction of sp³-hybridized carbons (Fsp3) is 0.0714. The van der Waals surface area contributed by atoms with Gasteiger partial charge in [0.05, 0.1) is 3.57 Å². The molecule has 1 amide bonds. The topological polar surface area (TPSA) is 40.5 Å². The largest absolute Gasteiger partial charge is 0.507 e. The lowest BCUT2D eigenvalue weighted by Crippen LogP contribution is -2.26. The number of amides is 1. The minimum atomic E-state index is -0.145. The van der Waals surface area contributed by atoms with Crippen molar-refractivity contribution in [2.24, 2.45) is 0 Å². The Morgan fingerprint density at radius 1 is 1.17 bits per heavy atom. The monoisotopic (exact) mass is 353 g/mol. The number of phenols is 1.